The summed E-state index contributed by atoms with van der Waals surface area (Å²) in [5, 5.41) is 2.92. The van der Waals surface area contributed by atoms with Gasteiger partial charge in [0.2, 0.25) is 0 Å². The molecule has 0 aromatic heterocycles. The quantitative estimate of drug-likeness (QED) is 0.719. The summed E-state index contributed by atoms with van der Waals surface area (Å²) in [7, 11) is -2.41. The first kappa shape index (κ1) is 20.8. The Kier molecular flexibility index (Phi) is 6.85. The lowest BCUT2D eigenvalue weighted by atomic mass is 10.1. The van der Waals surface area contributed by atoms with Crippen LogP contribution in [-0.4, -0.2) is 27.5 Å². The average Bonchev–Trinajstić information content (AvgIpc) is 2.66. The van der Waals surface area contributed by atoms with Crippen LogP contribution in [0.3, 0.4) is 0 Å². The van der Waals surface area contributed by atoms with Crippen molar-refractivity contribution in [3.8, 4) is 5.75 Å². The van der Waals surface area contributed by atoms with Crippen LogP contribution in [-0.2, 0) is 10.0 Å². The monoisotopic (exact) mass is 390 g/mol. The minimum absolute atomic E-state index is 0.0607. The van der Waals surface area contributed by atoms with E-state index in [1.165, 1.54) is 13.2 Å². The second kappa shape index (κ2) is 8.90. The molecule has 0 bridgehead atoms. The van der Waals surface area contributed by atoms with E-state index in [9.17, 15) is 13.2 Å². The molecule has 0 saturated heterocycles. The van der Waals surface area contributed by atoms with E-state index in [1.807, 2.05) is 13.8 Å². The predicted molar refractivity (Wildman–Crippen MR) is 107 cm³/mol. The number of nitrogens with one attached hydrogen (secondary N) is 2. The average molecular weight is 391 g/mol. The van der Waals surface area contributed by atoms with Crippen LogP contribution in [0.4, 0.5) is 5.69 Å². The zero-order valence-corrected chi connectivity index (χ0v) is 16.9. The summed E-state index contributed by atoms with van der Waals surface area (Å²) in [6.45, 7) is 5.69. The number of ether oxygens (including phenoxy) is 1. The molecular formula is C20H26N2O4S. The number of amides is 1. The Hall–Kier alpha value is -2.54. The minimum Gasteiger partial charge on any atom is -0.495 e. The molecule has 2 aromatic carbocycles. The fourth-order valence-electron chi connectivity index (χ4n) is 2.72. The zero-order chi connectivity index (χ0) is 20.0. The maximum absolute atomic E-state index is 12.9. The molecule has 6 nitrogen and oxygen atoms in total. The van der Waals surface area contributed by atoms with E-state index in [0.717, 1.165) is 12.8 Å². The van der Waals surface area contributed by atoms with Crippen molar-refractivity contribution in [2.45, 2.75) is 44.6 Å². The molecule has 0 heterocycles. The Bertz CT molecular complexity index is 906. The first-order valence-corrected chi connectivity index (χ1v) is 10.4. The van der Waals surface area contributed by atoms with Gasteiger partial charge in [-0.25, -0.2) is 8.42 Å². The molecule has 2 aromatic rings. The highest BCUT2D eigenvalue weighted by atomic mass is 32.2. The number of aryl methyl sites for hydroxylation is 1. The second-order valence-corrected chi connectivity index (χ2v) is 7.92. The third kappa shape index (κ3) is 5.01. The van der Waals surface area contributed by atoms with Crippen LogP contribution in [0.2, 0.25) is 0 Å². The number of carbonyl (C=O) groups is 1. The van der Waals surface area contributed by atoms with Crippen LogP contribution < -0.4 is 14.8 Å². The summed E-state index contributed by atoms with van der Waals surface area (Å²) < 4.78 is 33.5. The summed E-state index contributed by atoms with van der Waals surface area (Å²) in [5.74, 6) is 0.138. The lowest BCUT2D eigenvalue weighted by Crippen LogP contribution is -2.34. The number of carbonyl (C=O) groups excluding carboxylic acids is 1. The minimum atomic E-state index is -3.88. The SMILES string of the molecule is CCC(CC)NC(=O)c1ccc(C)c(S(=O)(=O)Nc2ccccc2OC)c1. The molecule has 0 aliphatic carbocycles. The molecular weight excluding hydrogens is 364 g/mol. The van der Waals surface area contributed by atoms with Crippen LogP contribution in [0.15, 0.2) is 47.4 Å². The summed E-state index contributed by atoms with van der Waals surface area (Å²) in [5.41, 5.74) is 1.20. The molecule has 7 heteroatoms. The molecule has 2 N–H and O–H groups in total. The Morgan fingerprint density at radius 2 is 1.78 bits per heavy atom. The third-order valence-electron chi connectivity index (χ3n) is 4.41. The number of hydrogen-bond donors (Lipinski definition) is 2. The molecule has 1 amide bonds. The highest BCUT2D eigenvalue weighted by Gasteiger charge is 2.21. The number of hydrogen-bond acceptors (Lipinski definition) is 4. The fourth-order valence-corrected chi connectivity index (χ4v) is 4.06. The van der Waals surface area contributed by atoms with Crippen molar-refractivity contribution in [1.29, 1.82) is 0 Å². The molecule has 0 aliphatic rings. The van der Waals surface area contributed by atoms with E-state index < -0.39 is 10.0 Å². The van der Waals surface area contributed by atoms with Gasteiger partial charge >= 0.3 is 0 Å². The number of methoxy groups -OCH3 is 1. The lowest BCUT2D eigenvalue weighted by Gasteiger charge is -2.16. The van der Waals surface area contributed by atoms with Crippen LogP contribution in [0, 0.1) is 6.92 Å². The summed E-state index contributed by atoms with van der Waals surface area (Å²) in [6, 6.07) is 11.5. The van der Waals surface area contributed by atoms with Gasteiger partial charge < -0.3 is 10.1 Å². The van der Waals surface area contributed by atoms with Gasteiger partial charge in [0.1, 0.15) is 5.75 Å². The van der Waals surface area contributed by atoms with Gasteiger partial charge in [-0.3, -0.25) is 9.52 Å². The summed E-state index contributed by atoms with van der Waals surface area (Å²) >= 11 is 0. The van der Waals surface area contributed by atoms with Gasteiger partial charge in [0.15, 0.2) is 0 Å². The van der Waals surface area contributed by atoms with Crippen LogP contribution in [0.1, 0.15) is 42.6 Å². The van der Waals surface area contributed by atoms with Crippen molar-refractivity contribution >= 4 is 21.6 Å². The summed E-state index contributed by atoms with van der Waals surface area (Å²) in [4.78, 5) is 12.5. The van der Waals surface area contributed by atoms with E-state index in [2.05, 4.69) is 10.0 Å². The van der Waals surface area contributed by atoms with Gasteiger partial charge in [0, 0.05) is 11.6 Å². The van der Waals surface area contributed by atoms with Crippen molar-refractivity contribution in [1.82, 2.24) is 5.32 Å². The molecule has 27 heavy (non-hydrogen) atoms. The summed E-state index contributed by atoms with van der Waals surface area (Å²) in [6.07, 6.45) is 1.63. The Morgan fingerprint density at radius 3 is 2.41 bits per heavy atom. The predicted octanol–water partition coefficient (Wildman–Crippen LogP) is 3.72. The number of para-hydroxylation sites is 2. The topological polar surface area (TPSA) is 84.5 Å². The molecule has 2 rings (SSSR count). The highest BCUT2D eigenvalue weighted by Crippen LogP contribution is 2.27. The van der Waals surface area contributed by atoms with E-state index in [-0.39, 0.29) is 16.8 Å². The Labute approximate surface area is 161 Å². The molecule has 146 valence electrons. The van der Waals surface area contributed by atoms with Crippen molar-refractivity contribution in [3.63, 3.8) is 0 Å². The molecule has 0 fully saturated rings. The zero-order valence-electron chi connectivity index (χ0n) is 16.1. The van der Waals surface area contributed by atoms with Gasteiger partial charge in [0.05, 0.1) is 17.7 Å². The van der Waals surface area contributed by atoms with Crippen molar-refractivity contribution in [3.05, 3.63) is 53.6 Å². The van der Waals surface area contributed by atoms with Gasteiger partial charge in [-0.2, -0.15) is 0 Å². The normalized spacial score (nSPS) is 11.3. The second-order valence-electron chi connectivity index (χ2n) is 6.27. The Balaban J connectivity index is 2.35. The molecule has 0 atom stereocenters. The first-order chi connectivity index (χ1) is 12.8. The maximum atomic E-state index is 12.9. The fraction of sp³-hybridized carbons (Fsp3) is 0.350. The van der Waals surface area contributed by atoms with Gasteiger partial charge in [-0.05, 0) is 49.6 Å². The van der Waals surface area contributed by atoms with Crippen molar-refractivity contribution < 1.29 is 17.9 Å². The van der Waals surface area contributed by atoms with E-state index in [4.69, 9.17) is 4.74 Å². The smallest absolute Gasteiger partial charge is 0.262 e. The maximum Gasteiger partial charge on any atom is 0.262 e. The number of benzene rings is 2. The largest absolute Gasteiger partial charge is 0.495 e. The van der Waals surface area contributed by atoms with E-state index in [0.29, 0.717) is 22.6 Å². The van der Waals surface area contributed by atoms with E-state index in [1.54, 1.807) is 43.3 Å². The third-order valence-corrected chi connectivity index (χ3v) is 5.92. The van der Waals surface area contributed by atoms with Gasteiger partial charge in [0.25, 0.3) is 15.9 Å². The van der Waals surface area contributed by atoms with Crippen molar-refractivity contribution in [2.75, 3.05) is 11.8 Å². The first-order valence-electron chi connectivity index (χ1n) is 8.89. The van der Waals surface area contributed by atoms with Gasteiger partial charge in [-0.15, -0.1) is 0 Å². The van der Waals surface area contributed by atoms with Crippen molar-refractivity contribution in [2.24, 2.45) is 0 Å². The standard InChI is InChI=1S/C20H26N2O4S/c1-5-16(6-2)21-20(23)15-12-11-14(3)19(13-15)27(24,25)22-17-9-7-8-10-18(17)26-4/h7-13,16,22H,5-6H2,1-4H3,(H,21,23). The van der Waals surface area contributed by atoms with Crippen LogP contribution >= 0.6 is 0 Å². The van der Waals surface area contributed by atoms with E-state index >= 15 is 0 Å². The lowest BCUT2D eigenvalue weighted by molar-refractivity contribution is 0.0934. The van der Waals surface area contributed by atoms with Crippen LogP contribution in [0.5, 0.6) is 5.75 Å². The number of anilines is 1. The van der Waals surface area contributed by atoms with Crippen LogP contribution in [0.25, 0.3) is 0 Å². The van der Waals surface area contributed by atoms with Gasteiger partial charge in [-0.1, -0.05) is 32.0 Å². The Morgan fingerprint density at radius 1 is 1.11 bits per heavy atom. The molecule has 0 spiro atoms. The molecule has 0 saturated carbocycles. The number of sulfonamides is 1. The molecule has 0 radical (unpaired) electrons. The molecule has 0 aliphatic heterocycles. The molecule has 0 unspecified atom stereocenters. The number of rotatable bonds is 8. The highest BCUT2D eigenvalue weighted by molar-refractivity contribution is 7.92.